The zero-order valence-corrected chi connectivity index (χ0v) is 12.3. The van der Waals surface area contributed by atoms with E-state index in [9.17, 15) is 9.90 Å². The monoisotopic (exact) mass is 290 g/mol. The largest absolute Gasteiger partial charge is 0.394 e. The Balaban J connectivity index is 1.78. The van der Waals surface area contributed by atoms with Gasteiger partial charge in [0.2, 0.25) is 0 Å². The number of benzene rings is 1. The van der Waals surface area contributed by atoms with E-state index in [1.165, 1.54) is 5.56 Å². The number of ether oxygens (including phenoxy) is 1. The van der Waals surface area contributed by atoms with Gasteiger partial charge in [-0.3, -0.25) is 4.79 Å². The lowest BCUT2D eigenvalue weighted by molar-refractivity contribution is -0.0858. The second kappa shape index (κ2) is 6.03. The molecular weight excluding hydrogens is 268 g/mol. The number of aryl methyl sites for hydroxylation is 1. The number of aliphatic hydroxyl groups excluding tert-OH is 1. The molecule has 2 unspecified atom stereocenters. The molecule has 1 aromatic carbocycles. The van der Waals surface area contributed by atoms with Gasteiger partial charge in [0.15, 0.2) is 0 Å². The van der Waals surface area contributed by atoms with Gasteiger partial charge in [0.25, 0.3) is 5.91 Å². The molecule has 2 heterocycles. The van der Waals surface area contributed by atoms with Crippen molar-refractivity contribution >= 4 is 11.6 Å². The van der Waals surface area contributed by atoms with Crippen LogP contribution < -0.4 is 5.32 Å². The number of anilines is 1. The number of amides is 1. The van der Waals surface area contributed by atoms with Crippen LogP contribution in [0.4, 0.5) is 5.69 Å². The van der Waals surface area contributed by atoms with E-state index in [2.05, 4.69) is 5.32 Å². The van der Waals surface area contributed by atoms with Crippen LogP contribution in [0.1, 0.15) is 29.3 Å². The summed E-state index contributed by atoms with van der Waals surface area (Å²) in [6.07, 6.45) is 1.80. The van der Waals surface area contributed by atoms with Crippen molar-refractivity contribution in [3.63, 3.8) is 0 Å². The molecule has 0 spiro atoms. The van der Waals surface area contributed by atoms with E-state index in [-0.39, 0.29) is 24.7 Å². The van der Waals surface area contributed by atoms with Crippen molar-refractivity contribution in [2.45, 2.75) is 32.0 Å². The standard InChI is InChI=1S/C16H22N2O3/c1-11-8-18(9-14(10-19)21-11)16(20)13-4-5-15-12(7-13)3-2-6-17-15/h4-5,7,11,14,17,19H,2-3,6,8-10H2,1H3. The van der Waals surface area contributed by atoms with Crippen LogP contribution in [0, 0.1) is 0 Å². The smallest absolute Gasteiger partial charge is 0.254 e. The molecule has 21 heavy (non-hydrogen) atoms. The number of nitrogens with one attached hydrogen (secondary N) is 1. The number of hydrogen-bond acceptors (Lipinski definition) is 4. The summed E-state index contributed by atoms with van der Waals surface area (Å²) in [6.45, 7) is 3.90. The second-order valence-corrected chi connectivity index (χ2v) is 5.86. The van der Waals surface area contributed by atoms with Crippen molar-refractivity contribution in [1.82, 2.24) is 4.90 Å². The first-order valence-electron chi connectivity index (χ1n) is 7.60. The van der Waals surface area contributed by atoms with Gasteiger partial charge in [-0.25, -0.2) is 0 Å². The number of rotatable bonds is 2. The fourth-order valence-corrected chi connectivity index (χ4v) is 3.10. The van der Waals surface area contributed by atoms with Crippen LogP contribution in [0.15, 0.2) is 18.2 Å². The van der Waals surface area contributed by atoms with Gasteiger partial charge in [-0.2, -0.15) is 0 Å². The number of nitrogens with zero attached hydrogens (tertiary/aromatic N) is 1. The number of aliphatic hydroxyl groups is 1. The summed E-state index contributed by atoms with van der Waals surface area (Å²) in [7, 11) is 0. The van der Waals surface area contributed by atoms with E-state index in [1.54, 1.807) is 4.90 Å². The Morgan fingerprint density at radius 3 is 3.14 bits per heavy atom. The van der Waals surface area contributed by atoms with Crippen LogP contribution in [0.25, 0.3) is 0 Å². The maximum Gasteiger partial charge on any atom is 0.254 e. The first-order chi connectivity index (χ1) is 10.2. The molecule has 2 atom stereocenters. The van der Waals surface area contributed by atoms with Crippen molar-refractivity contribution in [3.05, 3.63) is 29.3 Å². The lowest BCUT2D eigenvalue weighted by Gasteiger charge is -2.36. The molecule has 2 N–H and O–H groups in total. The highest BCUT2D eigenvalue weighted by Crippen LogP contribution is 2.24. The van der Waals surface area contributed by atoms with E-state index in [1.807, 2.05) is 25.1 Å². The maximum absolute atomic E-state index is 12.7. The zero-order chi connectivity index (χ0) is 14.8. The molecule has 5 nitrogen and oxygen atoms in total. The van der Waals surface area contributed by atoms with Crippen LogP contribution in [0.5, 0.6) is 0 Å². The summed E-state index contributed by atoms with van der Waals surface area (Å²) >= 11 is 0. The van der Waals surface area contributed by atoms with Gasteiger partial charge in [0.05, 0.1) is 18.8 Å². The third-order valence-electron chi connectivity index (χ3n) is 4.11. The van der Waals surface area contributed by atoms with Crippen molar-refractivity contribution in [2.24, 2.45) is 0 Å². The van der Waals surface area contributed by atoms with E-state index < -0.39 is 0 Å². The maximum atomic E-state index is 12.7. The first kappa shape index (κ1) is 14.4. The van der Waals surface area contributed by atoms with Crippen molar-refractivity contribution in [1.29, 1.82) is 0 Å². The van der Waals surface area contributed by atoms with Gasteiger partial charge in [0.1, 0.15) is 0 Å². The highest BCUT2D eigenvalue weighted by molar-refractivity contribution is 5.95. The lowest BCUT2D eigenvalue weighted by Crippen LogP contribution is -2.50. The van der Waals surface area contributed by atoms with Crippen molar-refractivity contribution in [2.75, 3.05) is 31.6 Å². The molecular formula is C16H22N2O3. The third kappa shape index (κ3) is 3.04. The van der Waals surface area contributed by atoms with E-state index in [4.69, 9.17) is 4.74 Å². The second-order valence-electron chi connectivity index (χ2n) is 5.86. The Morgan fingerprint density at radius 2 is 2.33 bits per heavy atom. The molecule has 1 fully saturated rings. The molecule has 0 aliphatic carbocycles. The molecule has 114 valence electrons. The summed E-state index contributed by atoms with van der Waals surface area (Å²) in [4.78, 5) is 14.4. The van der Waals surface area contributed by atoms with Crippen LogP contribution in [-0.2, 0) is 11.2 Å². The molecule has 0 aromatic heterocycles. The van der Waals surface area contributed by atoms with Gasteiger partial charge >= 0.3 is 0 Å². The number of carbonyl (C=O) groups excluding carboxylic acids is 1. The average molecular weight is 290 g/mol. The number of fused-ring (bicyclic) bond motifs is 1. The highest BCUT2D eigenvalue weighted by Gasteiger charge is 2.28. The van der Waals surface area contributed by atoms with Gasteiger partial charge in [-0.1, -0.05) is 0 Å². The lowest BCUT2D eigenvalue weighted by atomic mass is 10.00. The molecule has 0 saturated carbocycles. The van der Waals surface area contributed by atoms with Crippen molar-refractivity contribution in [3.8, 4) is 0 Å². The van der Waals surface area contributed by atoms with Crippen LogP contribution in [0.2, 0.25) is 0 Å². The topological polar surface area (TPSA) is 61.8 Å². The Kier molecular flexibility index (Phi) is 4.12. The summed E-state index contributed by atoms with van der Waals surface area (Å²) in [5, 5.41) is 12.6. The molecule has 1 saturated heterocycles. The Labute approximate surface area is 124 Å². The predicted octanol–water partition coefficient (Wildman–Crippen LogP) is 1.27. The predicted molar refractivity (Wildman–Crippen MR) is 80.6 cm³/mol. The third-order valence-corrected chi connectivity index (χ3v) is 4.11. The summed E-state index contributed by atoms with van der Waals surface area (Å²) in [5.41, 5.74) is 3.08. The van der Waals surface area contributed by atoms with E-state index in [0.717, 1.165) is 30.6 Å². The fourth-order valence-electron chi connectivity index (χ4n) is 3.10. The molecule has 5 heteroatoms. The quantitative estimate of drug-likeness (QED) is 0.861. The highest BCUT2D eigenvalue weighted by atomic mass is 16.5. The first-order valence-corrected chi connectivity index (χ1v) is 7.60. The number of morpholine rings is 1. The molecule has 2 aliphatic heterocycles. The minimum absolute atomic E-state index is 0.0250. The van der Waals surface area contributed by atoms with Crippen molar-refractivity contribution < 1.29 is 14.6 Å². The number of hydrogen-bond donors (Lipinski definition) is 2. The van der Waals surface area contributed by atoms with E-state index >= 15 is 0 Å². The summed E-state index contributed by atoms with van der Waals surface area (Å²) < 4.78 is 5.59. The SMILES string of the molecule is CC1CN(C(=O)c2ccc3c(c2)CCCN3)CC(CO)O1. The zero-order valence-electron chi connectivity index (χ0n) is 12.3. The van der Waals surface area contributed by atoms with E-state index in [0.29, 0.717) is 13.1 Å². The Bertz CT molecular complexity index is 532. The molecule has 1 amide bonds. The Hall–Kier alpha value is -1.59. The van der Waals surface area contributed by atoms with Crippen LogP contribution >= 0.6 is 0 Å². The minimum atomic E-state index is -0.281. The minimum Gasteiger partial charge on any atom is -0.394 e. The van der Waals surface area contributed by atoms with Crippen LogP contribution in [0.3, 0.4) is 0 Å². The average Bonchev–Trinajstić information content (AvgIpc) is 2.53. The summed E-state index contributed by atoms with van der Waals surface area (Å²) in [5.74, 6) is 0.0250. The normalized spacial score (nSPS) is 25.1. The molecule has 0 bridgehead atoms. The van der Waals surface area contributed by atoms with Gasteiger partial charge in [-0.05, 0) is 43.5 Å². The van der Waals surface area contributed by atoms with Crippen LogP contribution in [-0.4, -0.2) is 54.4 Å². The molecule has 2 aliphatic rings. The number of carbonyl (C=O) groups is 1. The summed E-state index contributed by atoms with van der Waals surface area (Å²) in [6, 6.07) is 5.88. The van der Waals surface area contributed by atoms with Gasteiger partial charge in [0, 0.05) is 30.9 Å². The van der Waals surface area contributed by atoms with Gasteiger partial charge < -0.3 is 20.1 Å². The Morgan fingerprint density at radius 1 is 1.48 bits per heavy atom. The van der Waals surface area contributed by atoms with Gasteiger partial charge in [-0.15, -0.1) is 0 Å². The molecule has 3 rings (SSSR count). The molecule has 0 radical (unpaired) electrons. The molecule has 1 aromatic rings. The fraction of sp³-hybridized carbons (Fsp3) is 0.562.